The van der Waals surface area contributed by atoms with Crippen molar-refractivity contribution in [1.29, 1.82) is 0 Å². The van der Waals surface area contributed by atoms with Crippen molar-refractivity contribution in [3.8, 4) is 0 Å². The molecular weight excluding hydrogens is 264 g/mol. The Morgan fingerprint density at radius 1 is 1.26 bits per heavy atom. The normalized spacial score (nSPS) is 23.7. The Labute approximate surface area is 119 Å². The van der Waals surface area contributed by atoms with Crippen LogP contribution >= 0.6 is 12.2 Å². The Bertz CT molecular complexity index is 333. The average Bonchev–Trinajstić information content (AvgIpc) is 2.68. The van der Waals surface area contributed by atoms with Gasteiger partial charge < -0.3 is 20.8 Å². The first-order valence-electron chi connectivity index (χ1n) is 6.84. The predicted octanol–water partition coefficient (Wildman–Crippen LogP) is 0.423. The van der Waals surface area contributed by atoms with E-state index >= 15 is 0 Å². The van der Waals surface area contributed by atoms with Crippen molar-refractivity contribution in [3.05, 3.63) is 0 Å². The minimum absolute atomic E-state index is 0.151. The van der Waals surface area contributed by atoms with Crippen LogP contribution in [-0.4, -0.2) is 51.3 Å². The van der Waals surface area contributed by atoms with Crippen LogP contribution in [0.1, 0.15) is 39.5 Å². The molecule has 6 heteroatoms. The number of β-amino-alcohol motifs (C(OH)–C–C–N with tert-alkyl or cyclic N) is 2. The van der Waals surface area contributed by atoms with E-state index in [-0.39, 0.29) is 24.0 Å². The zero-order valence-corrected chi connectivity index (χ0v) is 12.4. The molecule has 0 aromatic carbocycles. The van der Waals surface area contributed by atoms with Gasteiger partial charge in [0.2, 0.25) is 5.91 Å². The number of amides is 1. The lowest BCUT2D eigenvalue weighted by molar-refractivity contribution is -0.138. The molecule has 0 radical (unpaired) electrons. The van der Waals surface area contributed by atoms with Crippen LogP contribution in [-0.2, 0) is 4.79 Å². The second-order valence-electron chi connectivity index (χ2n) is 5.29. The van der Waals surface area contributed by atoms with E-state index in [1.165, 1.54) is 4.90 Å². The molecule has 1 aliphatic heterocycles. The quantitative estimate of drug-likeness (QED) is 0.617. The van der Waals surface area contributed by atoms with Gasteiger partial charge in [0, 0.05) is 13.1 Å². The summed E-state index contributed by atoms with van der Waals surface area (Å²) in [6.45, 7) is 4.28. The smallest absolute Gasteiger partial charge is 0.235 e. The van der Waals surface area contributed by atoms with Crippen LogP contribution in [0.4, 0.5) is 0 Å². The predicted molar refractivity (Wildman–Crippen MR) is 77.6 cm³/mol. The van der Waals surface area contributed by atoms with E-state index in [9.17, 15) is 15.0 Å². The molecule has 2 unspecified atom stereocenters. The van der Waals surface area contributed by atoms with Gasteiger partial charge in [-0.1, -0.05) is 38.9 Å². The number of likely N-dealkylation sites (tertiary alicyclic amines) is 1. The van der Waals surface area contributed by atoms with Gasteiger partial charge in [0.25, 0.3) is 0 Å². The highest BCUT2D eigenvalue weighted by molar-refractivity contribution is 7.80. The summed E-state index contributed by atoms with van der Waals surface area (Å²) in [5.74, 6) is -0.153. The molecule has 0 aromatic rings. The largest absolute Gasteiger partial charge is 0.392 e. The number of aliphatic hydroxyl groups excluding tert-OH is 2. The SMILES string of the molecule is CCCC(CCC)(C(=O)N1CC(O)C(O)C1)C(N)=S. The molecule has 0 aromatic heterocycles. The molecular formula is C13H24N2O3S. The van der Waals surface area contributed by atoms with E-state index in [2.05, 4.69) is 0 Å². The summed E-state index contributed by atoms with van der Waals surface area (Å²) in [6, 6.07) is 0. The van der Waals surface area contributed by atoms with Crippen LogP contribution in [0, 0.1) is 5.41 Å². The first kappa shape index (κ1) is 16.3. The number of carbonyl (C=O) groups is 1. The minimum atomic E-state index is -0.878. The van der Waals surface area contributed by atoms with Gasteiger partial charge in [0.05, 0.1) is 22.6 Å². The van der Waals surface area contributed by atoms with E-state index in [1.807, 2.05) is 13.8 Å². The van der Waals surface area contributed by atoms with Crippen LogP contribution < -0.4 is 5.73 Å². The van der Waals surface area contributed by atoms with E-state index in [4.69, 9.17) is 18.0 Å². The molecule has 1 saturated heterocycles. The number of carbonyl (C=O) groups excluding carboxylic acids is 1. The Morgan fingerprint density at radius 3 is 2.00 bits per heavy atom. The van der Waals surface area contributed by atoms with E-state index in [0.29, 0.717) is 12.8 Å². The maximum Gasteiger partial charge on any atom is 0.235 e. The zero-order valence-electron chi connectivity index (χ0n) is 11.6. The van der Waals surface area contributed by atoms with E-state index in [1.54, 1.807) is 0 Å². The molecule has 110 valence electrons. The van der Waals surface area contributed by atoms with Crippen LogP contribution in [0.25, 0.3) is 0 Å². The minimum Gasteiger partial charge on any atom is -0.392 e. The average molecular weight is 288 g/mol. The third-order valence-electron chi connectivity index (χ3n) is 3.78. The topological polar surface area (TPSA) is 86.8 Å². The highest BCUT2D eigenvalue weighted by Gasteiger charge is 2.45. The van der Waals surface area contributed by atoms with Gasteiger partial charge in [-0.05, 0) is 12.8 Å². The van der Waals surface area contributed by atoms with Gasteiger partial charge in [-0.25, -0.2) is 0 Å². The van der Waals surface area contributed by atoms with Crippen LogP contribution in [0.15, 0.2) is 0 Å². The molecule has 1 amide bonds. The molecule has 0 spiro atoms. The summed E-state index contributed by atoms with van der Waals surface area (Å²) in [5.41, 5.74) is 5.01. The molecule has 0 aliphatic carbocycles. The van der Waals surface area contributed by atoms with Crippen molar-refractivity contribution >= 4 is 23.1 Å². The molecule has 0 bridgehead atoms. The van der Waals surface area contributed by atoms with Crippen molar-refractivity contribution in [3.63, 3.8) is 0 Å². The standard InChI is InChI=1S/C13H24N2O3S/c1-3-5-13(6-4-2,11(14)19)12(18)15-7-9(16)10(17)8-15/h9-10,16-17H,3-8H2,1-2H3,(H2,14,19). The van der Waals surface area contributed by atoms with Crippen molar-refractivity contribution in [1.82, 2.24) is 4.90 Å². The van der Waals surface area contributed by atoms with Crippen molar-refractivity contribution in [2.75, 3.05) is 13.1 Å². The van der Waals surface area contributed by atoms with Gasteiger partial charge >= 0.3 is 0 Å². The van der Waals surface area contributed by atoms with Gasteiger partial charge in [0.1, 0.15) is 0 Å². The van der Waals surface area contributed by atoms with Crippen LogP contribution in [0.3, 0.4) is 0 Å². The maximum absolute atomic E-state index is 12.7. The van der Waals surface area contributed by atoms with Gasteiger partial charge in [-0.15, -0.1) is 0 Å². The first-order valence-corrected chi connectivity index (χ1v) is 7.25. The number of hydrogen-bond acceptors (Lipinski definition) is 4. The van der Waals surface area contributed by atoms with Crippen LogP contribution in [0.2, 0.25) is 0 Å². The number of rotatable bonds is 6. The number of nitrogens with two attached hydrogens (primary N) is 1. The van der Waals surface area contributed by atoms with Gasteiger partial charge in [0.15, 0.2) is 0 Å². The Balaban J connectivity index is 2.97. The third kappa shape index (κ3) is 3.24. The molecule has 2 atom stereocenters. The molecule has 1 fully saturated rings. The number of aliphatic hydroxyl groups is 2. The fraction of sp³-hybridized carbons (Fsp3) is 0.846. The lowest BCUT2D eigenvalue weighted by Crippen LogP contribution is -2.50. The molecule has 5 nitrogen and oxygen atoms in total. The van der Waals surface area contributed by atoms with Crippen molar-refractivity contribution in [2.24, 2.45) is 11.1 Å². The second kappa shape index (κ2) is 6.63. The second-order valence-corrected chi connectivity index (χ2v) is 5.73. The lowest BCUT2D eigenvalue weighted by Gasteiger charge is -2.34. The summed E-state index contributed by atoms with van der Waals surface area (Å²) in [5, 5.41) is 19.1. The van der Waals surface area contributed by atoms with Gasteiger partial charge in [-0.2, -0.15) is 0 Å². The van der Waals surface area contributed by atoms with E-state index in [0.717, 1.165) is 12.8 Å². The molecule has 0 saturated carbocycles. The van der Waals surface area contributed by atoms with Crippen LogP contribution in [0.5, 0.6) is 0 Å². The summed E-state index contributed by atoms with van der Waals surface area (Å²) in [4.78, 5) is 14.4. The Morgan fingerprint density at radius 2 is 1.68 bits per heavy atom. The fourth-order valence-electron chi connectivity index (χ4n) is 2.78. The maximum atomic E-state index is 12.7. The molecule has 1 aliphatic rings. The van der Waals surface area contributed by atoms with Crippen molar-refractivity contribution < 1.29 is 15.0 Å². The number of thiocarbonyl (C=S) groups is 1. The number of nitrogens with zero attached hydrogens (tertiary/aromatic N) is 1. The molecule has 4 N–H and O–H groups in total. The summed E-state index contributed by atoms with van der Waals surface area (Å²) in [7, 11) is 0. The van der Waals surface area contributed by atoms with Crippen molar-refractivity contribution in [2.45, 2.75) is 51.7 Å². The highest BCUT2D eigenvalue weighted by atomic mass is 32.1. The number of hydrogen-bond donors (Lipinski definition) is 3. The first-order chi connectivity index (χ1) is 8.89. The molecule has 19 heavy (non-hydrogen) atoms. The molecule has 1 heterocycles. The summed E-state index contributed by atoms with van der Waals surface area (Å²) >= 11 is 5.14. The Kier molecular flexibility index (Phi) is 5.70. The Hall–Kier alpha value is -0.720. The summed E-state index contributed by atoms with van der Waals surface area (Å²) < 4.78 is 0. The molecule has 1 rings (SSSR count). The highest BCUT2D eigenvalue weighted by Crippen LogP contribution is 2.34. The lowest BCUT2D eigenvalue weighted by atomic mass is 9.77. The third-order valence-corrected chi connectivity index (χ3v) is 4.17. The van der Waals surface area contributed by atoms with Gasteiger partial charge in [-0.3, -0.25) is 4.79 Å². The monoisotopic (exact) mass is 288 g/mol. The fourth-order valence-corrected chi connectivity index (χ4v) is 3.07. The zero-order chi connectivity index (χ0) is 14.6. The van der Waals surface area contributed by atoms with E-state index < -0.39 is 17.6 Å². The summed E-state index contributed by atoms with van der Waals surface area (Å²) in [6.07, 6.45) is 1.08.